The standard InChI is InChI=1S/H3O4P.O.Zn/c1-5(2,3)4;;/h(H3,1,2,3,4);;. The maximum absolute atomic E-state index is 8.88. The van der Waals surface area contributed by atoms with Gasteiger partial charge in [-0.1, -0.05) is 0 Å². The molecule has 3 N–H and O–H groups in total. The summed E-state index contributed by atoms with van der Waals surface area (Å²) < 4.78 is 17.3. The van der Waals surface area contributed by atoms with E-state index in [4.69, 9.17) is 22.8 Å². The van der Waals surface area contributed by atoms with Gasteiger partial charge in [0.1, 0.15) is 0 Å². The minimum atomic E-state index is -4.64. The van der Waals surface area contributed by atoms with Crippen LogP contribution in [0, 0.1) is 0 Å². The molecule has 0 bridgehead atoms. The van der Waals surface area contributed by atoms with Crippen LogP contribution in [0.2, 0.25) is 0 Å². The molecule has 5 nitrogen and oxygen atoms in total. The molecule has 0 saturated carbocycles. The van der Waals surface area contributed by atoms with Crippen LogP contribution in [0.1, 0.15) is 0 Å². The van der Waals surface area contributed by atoms with Crippen LogP contribution in [-0.4, -0.2) is 14.7 Å². The van der Waals surface area contributed by atoms with Crippen LogP contribution >= 0.6 is 7.82 Å². The molecule has 0 fully saturated rings. The SMILES string of the molecule is O=P(O)(O)O.[O]=[Zn]. The fourth-order valence-electron chi connectivity index (χ4n) is 0. The van der Waals surface area contributed by atoms with Gasteiger partial charge in [0.05, 0.1) is 0 Å². The van der Waals surface area contributed by atoms with E-state index in [1.54, 1.807) is 0 Å². The molecule has 0 spiro atoms. The molecule has 0 aromatic heterocycles. The summed E-state index contributed by atoms with van der Waals surface area (Å²) in [6.45, 7) is 0. The monoisotopic (exact) mass is 178 g/mol. The van der Waals surface area contributed by atoms with Crippen molar-refractivity contribution in [2.75, 3.05) is 0 Å². The van der Waals surface area contributed by atoms with Crippen molar-refractivity contribution in [3.63, 3.8) is 0 Å². The molecule has 0 aliphatic heterocycles. The number of rotatable bonds is 0. The molecule has 0 aliphatic carbocycles. The molecule has 0 amide bonds. The second kappa shape index (κ2) is 4.69. The number of phosphoric acid groups is 1. The van der Waals surface area contributed by atoms with Gasteiger partial charge in [0.15, 0.2) is 0 Å². The van der Waals surface area contributed by atoms with Gasteiger partial charge in [0, 0.05) is 0 Å². The van der Waals surface area contributed by atoms with Crippen LogP contribution in [0.3, 0.4) is 0 Å². The maximum atomic E-state index is 8.88. The Hall–Kier alpha value is 0.533. The average molecular weight is 179 g/mol. The Morgan fingerprint density at radius 2 is 1.14 bits per heavy atom. The molecule has 0 aromatic carbocycles. The second-order valence-corrected chi connectivity index (χ2v) is 1.54. The Labute approximate surface area is 49.5 Å². The predicted molar refractivity (Wildman–Crippen MR) is 14.9 cm³/mol. The van der Waals surface area contributed by atoms with E-state index in [-0.39, 0.29) is 18.3 Å². The summed E-state index contributed by atoms with van der Waals surface area (Å²) in [5.41, 5.74) is 0. The van der Waals surface area contributed by atoms with E-state index in [9.17, 15) is 0 Å². The first-order valence-corrected chi connectivity index (χ1v) is 3.85. The fraction of sp³-hybridized carbons (Fsp3) is 0. The van der Waals surface area contributed by atoms with E-state index in [0.29, 0.717) is 0 Å². The van der Waals surface area contributed by atoms with Crippen molar-refractivity contribution in [3.05, 3.63) is 0 Å². The second-order valence-electron chi connectivity index (χ2n) is 0.513. The Bertz CT molecular complexity index is 63.9. The summed E-state index contributed by atoms with van der Waals surface area (Å²) in [6, 6.07) is 0. The van der Waals surface area contributed by atoms with Gasteiger partial charge in [0.25, 0.3) is 0 Å². The van der Waals surface area contributed by atoms with Gasteiger partial charge < -0.3 is 14.7 Å². The first-order valence-electron chi connectivity index (χ1n) is 1.07. The van der Waals surface area contributed by atoms with Crippen LogP contribution < -0.4 is 0 Å². The van der Waals surface area contributed by atoms with Crippen molar-refractivity contribution < 1.29 is 41.1 Å². The van der Waals surface area contributed by atoms with Gasteiger partial charge in [-0.3, -0.25) is 0 Å². The van der Waals surface area contributed by atoms with E-state index in [2.05, 4.69) is 0 Å². The minimum absolute atomic E-state index is 0.125. The van der Waals surface area contributed by atoms with Gasteiger partial charge in [-0.05, 0) is 0 Å². The molecular weight excluding hydrogens is 176 g/mol. The normalized spacial score (nSPS) is 9.29. The Morgan fingerprint density at radius 1 is 1.14 bits per heavy atom. The van der Waals surface area contributed by atoms with Gasteiger partial charge in [-0.15, -0.1) is 0 Å². The summed E-state index contributed by atoms with van der Waals surface area (Å²) in [6.07, 6.45) is 0. The van der Waals surface area contributed by atoms with Crippen LogP contribution in [0.5, 0.6) is 0 Å². The van der Waals surface area contributed by atoms with Crippen molar-refractivity contribution in [2.45, 2.75) is 0 Å². The molecule has 0 radical (unpaired) electrons. The van der Waals surface area contributed by atoms with Gasteiger partial charge in [0.2, 0.25) is 0 Å². The van der Waals surface area contributed by atoms with E-state index in [1.165, 1.54) is 0 Å². The third kappa shape index (κ3) is 472. The third-order valence-electron chi connectivity index (χ3n) is 0. The van der Waals surface area contributed by atoms with Crippen LogP contribution in [-0.2, 0) is 26.4 Å². The Morgan fingerprint density at radius 3 is 1.14 bits per heavy atom. The molecular formula is H3O5PZn. The molecule has 0 rings (SSSR count). The van der Waals surface area contributed by atoms with Gasteiger partial charge >= 0.3 is 29.6 Å². The molecule has 0 aromatic rings. The summed E-state index contributed by atoms with van der Waals surface area (Å²) in [5.74, 6) is 0. The van der Waals surface area contributed by atoms with Crippen molar-refractivity contribution in [1.82, 2.24) is 0 Å². The quantitative estimate of drug-likeness (QED) is 0.326. The zero-order valence-electron chi connectivity index (χ0n) is 3.31. The molecule has 0 atom stereocenters. The van der Waals surface area contributed by atoms with Crippen molar-refractivity contribution >= 4 is 7.82 Å². The van der Waals surface area contributed by atoms with Crippen LogP contribution in [0.25, 0.3) is 0 Å². The van der Waals surface area contributed by atoms with E-state index in [1.807, 2.05) is 0 Å². The number of hydrogen-bond acceptors (Lipinski definition) is 2. The van der Waals surface area contributed by atoms with E-state index in [0.717, 1.165) is 0 Å². The van der Waals surface area contributed by atoms with Crippen molar-refractivity contribution in [2.24, 2.45) is 0 Å². The Kier molecular flexibility index (Phi) is 7.03. The van der Waals surface area contributed by atoms with Crippen LogP contribution in [0.15, 0.2) is 0 Å². The number of hydrogen-bond donors (Lipinski definition) is 3. The van der Waals surface area contributed by atoms with Gasteiger partial charge in [-0.25, -0.2) is 4.57 Å². The van der Waals surface area contributed by atoms with Crippen molar-refractivity contribution in [1.29, 1.82) is 0 Å². The van der Waals surface area contributed by atoms with Gasteiger partial charge in [-0.2, -0.15) is 0 Å². The molecule has 7 heteroatoms. The topological polar surface area (TPSA) is 94.8 Å². The summed E-state index contributed by atoms with van der Waals surface area (Å²) in [7, 11) is -4.64. The fourth-order valence-corrected chi connectivity index (χ4v) is 0. The van der Waals surface area contributed by atoms with Crippen LogP contribution in [0.4, 0.5) is 0 Å². The molecule has 0 heterocycles. The third-order valence-corrected chi connectivity index (χ3v) is 0. The summed E-state index contributed by atoms with van der Waals surface area (Å²) in [4.78, 5) is 21.6. The first kappa shape index (κ1) is 10.5. The molecule has 0 aliphatic rings. The Balaban J connectivity index is 0. The molecule has 40 valence electrons. The zero-order chi connectivity index (χ0) is 6.50. The van der Waals surface area contributed by atoms with E-state index < -0.39 is 7.82 Å². The summed E-state index contributed by atoms with van der Waals surface area (Å²) >= 11 is 0.125. The predicted octanol–water partition coefficient (Wildman–Crippen LogP) is -1.05. The molecule has 7 heavy (non-hydrogen) atoms. The first-order chi connectivity index (χ1) is 3.00. The summed E-state index contributed by atoms with van der Waals surface area (Å²) in [5, 5.41) is 0. The average Bonchev–Trinajstić information content (AvgIpc) is 1.36. The van der Waals surface area contributed by atoms with Crippen molar-refractivity contribution in [3.8, 4) is 0 Å². The molecule has 0 saturated heterocycles. The zero-order valence-corrected chi connectivity index (χ0v) is 7.17. The molecule has 0 unspecified atom stereocenters. The van der Waals surface area contributed by atoms with E-state index >= 15 is 0 Å².